The van der Waals surface area contributed by atoms with Crippen LogP contribution in [0.2, 0.25) is 0 Å². The lowest BCUT2D eigenvalue weighted by atomic mass is 10.2. The van der Waals surface area contributed by atoms with Crippen LogP contribution in [-0.2, 0) is 7.05 Å². The van der Waals surface area contributed by atoms with Crippen LogP contribution in [0.4, 0.5) is 4.39 Å². The average molecular weight is 378 g/mol. The van der Waals surface area contributed by atoms with Crippen LogP contribution in [0.1, 0.15) is 10.4 Å². The van der Waals surface area contributed by atoms with E-state index in [1.165, 1.54) is 23.5 Å². The Labute approximate surface area is 158 Å². The molecule has 4 aromatic rings. The number of rotatable bonds is 3. The number of halogens is 1. The van der Waals surface area contributed by atoms with Gasteiger partial charge in [0, 0.05) is 12.6 Å². The fourth-order valence-corrected chi connectivity index (χ4v) is 3.72. The van der Waals surface area contributed by atoms with Gasteiger partial charge in [-0.2, -0.15) is 4.99 Å². The molecule has 1 amide bonds. The summed E-state index contributed by atoms with van der Waals surface area (Å²) in [6, 6.07) is 20.7. The Balaban J connectivity index is 1.66. The number of para-hydroxylation sites is 1. The van der Waals surface area contributed by atoms with Gasteiger partial charge in [-0.1, -0.05) is 35.6 Å². The van der Waals surface area contributed by atoms with Gasteiger partial charge in [-0.15, -0.1) is 0 Å². The van der Waals surface area contributed by atoms with Gasteiger partial charge >= 0.3 is 0 Å². The molecule has 6 heteroatoms. The molecule has 0 aliphatic rings. The van der Waals surface area contributed by atoms with Gasteiger partial charge in [0.2, 0.25) is 0 Å². The topological polar surface area (TPSA) is 43.6 Å². The lowest BCUT2D eigenvalue weighted by Gasteiger charge is -2.06. The number of aromatic nitrogens is 1. The number of aryl methyl sites for hydroxylation is 1. The maximum atomic E-state index is 13.4. The first kappa shape index (κ1) is 17.2. The molecule has 0 bridgehead atoms. The number of nitrogens with zero attached hydrogens (tertiary/aromatic N) is 2. The molecule has 0 atom stereocenters. The van der Waals surface area contributed by atoms with Crippen molar-refractivity contribution in [2.75, 3.05) is 0 Å². The molecular formula is C21H15FN2O2S. The van der Waals surface area contributed by atoms with E-state index in [0.29, 0.717) is 21.9 Å². The van der Waals surface area contributed by atoms with Crippen LogP contribution in [0.25, 0.3) is 10.2 Å². The van der Waals surface area contributed by atoms with E-state index in [1.807, 2.05) is 30.3 Å². The zero-order valence-corrected chi connectivity index (χ0v) is 15.2. The molecule has 0 spiro atoms. The lowest BCUT2D eigenvalue weighted by Crippen LogP contribution is -2.13. The minimum Gasteiger partial charge on any atom is -0.457 e. The zero-order valence-electron chi connectivity index (χ0n) is 14.4. The molecule has 0 saturated heterocycles. The second-order valence-corrected chi connectivity index (χ2v) is 6.92. The summed E-state index contributed by atoms with van der Waals surface area (Å²) in [5.74, 6) is 0.561. The summed E-state index contributed by atoms with van der Waals surface area (Å²) in [6.07, 6.45) is 0. The van der Waals surface area contributed by atoms with Crippen LogP contribution in [0.3, 0.4) is 0 Å². The van der Waals surface area contributed by atoms with E-state index < -0.39 is 0 Å². The summed E-state index contributed by atoms with van der Waals surface area (Å²) in [5, 5.41) is 0. The molecule has 0 radical (unpaired) electrons. The summed E-state index contributed by atoms with van der Waals surface area (Å²) in [7, 11) is 1.80. The molecule has 0 N–H and O–H groups in total. The Hall–Kier alpha value is -3.25. The van der Waals surface area contributed by atoms with Gasteiger partial charge in [-0.25, -0.2) is 4.39 Å². The van der Waals surface area contributed by atoms with Gasteiger partial charge in [0.15, 0.2) is 4.80 Å². The molecule has 134 valence electrons. The Morgan fingerprint density at radius 2 is 1.78 bits per heavy atom. The van der Waals surface area contributed by atoms with Crippen molar-refractivity contribution in [2.24, 2.45) is 12.0 Å². The number of carbonyl (C=O) groups is 1. The van der Waals surface area contributed by atoms with Gasteiger partial charge in [-0.05, 0) is 48.5 Å². The fourth-order valence-electron chi connectivity index (χ4n) is 2.68. The Kier molecular flexibility index (Phi) is 4.56. The molecule has 0 saturated carbocycles. The largest absolute Gasteiger partial charge is 0.457 e. The maximum Gasteiger partial charge on any atom is 0.279 e. The third kappa shape index (κ3) is 3.66. The van der Waals surface area contributed by atoms with E-state index in [9.17, 15) is 9.18 Å². The Bertz CT molecular complexity index is 1200. The summed E-state index contributed by atoms with van der Waals surface area (Å²) in [6.45, 7) is 0. The summed E-state index contributed by atoms with van der Waals surface area (Å²) in [4.78, 5) is 17.3. The Morgan fingerprint density at radius 1 is 1.00 bits per heavy atom. The SMILES string of the molecule is Cn1c(=NC(=O)c2cccc(Oc3ccccc3)c2)sc2cc(F)ccc21. The number of fused-ring (bicyclic) bond motifs is 1. The van der Waals surface area contributed by atoms with Crippen LogP contribution in [0, 0.1) is 5.82 Å². The van der Waals surface area contributed by atoms with Gasteiger partial charge in [0.05, 0.1) is 10.2 Å². The monoisotopic (exact) mass is 378 g/mol. The average Bonchev–Trinajstić information content (AvgIpc) is 2.97. The summed E-state index contributed by atoms with van der Waals surface area (Å²) < 4.78 is 21.7. The highest BCUT2D eigenvalue weighted by atomic mass is 32.1. The normalized spacial score (nSPS) is 11.7. The first-order valence-corrected chi connectivity index (χ1v) is 9.09. The molecule has 4 nitrogen and oxygen atoms in total. The number of thiazole rings is 1. The molecule has 3 aromatic carbocycles. The predicted octanol–water partition coefficient (Wildman–Crippen LogP) is 4.91. The van der Waals surface area contributed by atoms with E-state index in [4.69, 9.17) is 4.74 Å². The molecule has 4 rings (SSSR count). The van der Waals surface area contributed by atoms with E-state index >= 15 is 0 Å². The highest BCUT2D eigenvalue weighted by Crippen LogP contribution is 2.22. The predicted molar refractivity (Wildman–Crippen MR) is 104 cm³/mol. The van der Waals surface area contributed by atoms with E-state index in [0.717, 1.165) is 10.2 Å². The number of carbonyl (C=O) groups excluding carboxylic acids is 1. The molecule has 0 unspecified atom stereocenters. The summed E-state index contributed by atoms with van der Waals surface area (Å²) in [5.41, 5.74) is 1.25. The first-order valence-electron chi connectivity index (χ1n) is 8.27. The van der Waals surface area contributed by atoms with Gasteiger partial charge in [-0.3, -0.25) is 4.79 Å². The van der Waals surface area contributed by atoms with E-state index in [1.54, 1.807) is 41.9 Å². The van der Waals surface area contributed by atoms with Crippen molar-refractivity contribution in [3.8, 4) is 11.5 Å². The molecule has 0 fully saturated rings. The van der Waals surface area contributed by atoms with Gasteiger partial charge < -0.3 is 9.30 Å². The molecule has 0 aliphatic carbocycles. The zero-order chi connectivity index (χ0) is 18.8. The highest BCUT2D eigenvalue weighted by Gasteiger charge is 2.09. The van der Waals surface area contributed by atoms with Gasteiger partial charge in [0.1, 0.15) is 17.3 Å². The van der Waals surface area contributed by atoms with E-state index in [-0.39, 0.29) is 11.7 Å². The number of amides is 1. The maximum absolute atomic E-state index is 13.4. The number of hydrogen-bond donors (Lipinski definition) is 0. The number of hydrogen-bond acceptors (Lipinski definition) is 3. The third-order valence-electron chi connectivity index (χ3n) is 4.03. The molecule has 1 aromatic heterocycles. The standard InChI is InChI=1S/C21H15FN2O2S/c1-24-18-11-10-15(22)13-19(18)27-21(24)23-20(25)14-6-5-9-17(12-14)26-16-7-3-2-4-8-16/h2-13H,1H3. The second kappa shape index (κ2) is 7.17. The van der Waals surface area contributed by atoms with Crippen LogP contribution in [0.5, 0.6) is 11.5 Å². The van der Waals surface area contributed by atoms with Crippen molar-refractivity contribution in [3.05, 3.63) is 89.0 Å². The minimum atomic E-state index is -0.379. The third-order valence-corrected chi connectivity index (χ3v) is 5.12. The second-order valence-electron chi connectivity index (χ2n) is 5.92. The lowest BCUT2D eigenvalue weighted by molar-refractivity contribution is 0.0997. The van der Waals surface area contributed by atoms with Crippen molar-refractivity contribution in [1.29, 1.82) is 0 Å². The van der Waals surface area contributed by atoms with Crippen LogP contribution in [-0.4, -0.2) is 10.5 Å². The Morgan fingerprint density at radius 3 is 2.59 bits per heavy atom. The van der Waals surface area contributed by atoms with Crippen LogP contribution in [0.15, 0.2) is 77.8 Å². The molecule has 0 aliphatic heterocycles. The summed E-state index contributed by atoms with van der Waals surface area (Å²) >= 11 is 1.27. The van der Waals surface area contributed by atoms with Crippen LogP contribution < -0.4 is 9.54 Å². The van der Waals surface area contributed by atoms with Crippen molar-refractivity contribution in [3.63, 3.8) is 0 Å². The highest BCUT2D eigenvalue weighted by molar-refractivity contribution is 7.16. The minimum absolute atomic E-state index is 0.312. The quantitative estimate of drug-likeness (QED) is 0.508. The first-order chi connectivity index (χ1) is 13.1. The van der Waals surface area contributed by atoms with Crippen molar-refractivity contribution in [2.45, 2.75) is 0 Å². The van der Waals surface area contributed by atoms with Crippen molar-refractivity contribution in [1.82, 2.24) is 4.57 Å². The van der Waals surface area contributed by atoms with Gasteiger partial charge in [0.25, 0.3) is 5.91 Å². The van der Waals surface area contributed by atoms with E-state index in [2.05, 4.69) is 4.99 Å². The smallest absolute Gasteiger partial charge is 0.279 e. The molecular weight excluding hydrogens is 363 g/mol. The molecule has 27 heavy (non-hydrogen) atoms. The van der Waals surface area contributed by atoms with Crippen molar-refractivity contribution >= 4 is 27.5 Å². The number of ether oxygens (including phenoxy) is 1. The fraction of sp³-hybridized carbons (Fsp3) is 0.0476. The van der Waals surface area contributed by atoms with Crippen molar-refractivity contribution < 1.29 is 13.9 Å². The molecule has 1 heterocycles. The van der Waals surface area contributed by atoms with Crippen LogP contribution >= 0.6 is 11.3 Å². The number of benzene rings is 3.